The molecule has 14 atom stereocenters. The summed E-state index contributed by atoms with van der Waals surface area (Å²) in [7, 11) is 8.59. The number of alkyl halides is 4. The molecule has 24 nitrogen and oxygen atoms in total. The quantitative estimate of drug-likeness (QED) is 0.243. The van der Waals surface area contributed by atoms with Crippen LogP contribution in [0.5, 0.6) is 0 Å². The highest BCUT2D eigenvalue weighted by Crippen LogP contribution is 2.44. The average Bonchev–Trinajstić information content (AvgIpc) is 1.41. The van der Waals surface area contributed by atoms with Crippen molar-refractivity contribution in [1.82, 2.24) is 60.0 Å². The van der Waals surface area contributed by atoms with E-state index in [0.29, 0.717) is 51.6 Å². The predicted octanol–water partition coefficient (Wildman–Crippen LogP) is 5.45. The van der Waals surface area contributed by atoms with Crippen LogP contribution in [0.4, 0.5) is 13.2 Å². The number of piperidine rings is 1. The van der Waals surface area contributed by atoms with E-state index in [1.807, 2.05) is 6.92 Å². The Labute approximate surface area is 582 Å². The second kappa shape index (κ2) is 33.9. The lowest BCUT2D eigenvalue weighted by atomic mass is 9.78. The van der Waals surface area contributed by atoms with Crippen molar-refractivity contribution in [2.24, 2.45) is 29.6 Å². The third-order valence-corrected chi connectivity index (χ3v) is 23.8. The summed E-state index contributed by atoms with van der Waals surface area (Å²) in [6, 6.07) is -12.1. The number of hydrogen-bond donors (Lipinski definition) is 3. The number of nitrogens with one attached hydrogen (secondary N) is 3. The zero-order chi connectivity index (χ0) is 72.6. The maximum absolute atomic E-state index is 15.4. The van der Waals surface area contributed by atoms with Crippen LogP contribution >= 0.6 is 11.6 Å². The van der Waals surface area contributed by atoms with E-state index >= 15 is 24.0 Å². The number of rotatable bonds is 9. The predicted molar refractivity (Wildman–Crippen MR) is 361 cm³/mol. The van der Waals surface area contributed by atoms with Crippen LogP contribution < -0.4 is 16.0 Å². The van der Waals surface area contributed by atoms with Gasteiger partial charge in [0.25, 0.3) is 0 Å². The van der Waals surface area contributed by atoms with Gasteiger partial charge >= 0.3 is 6.18 Å². The van der Waals surface area contributed by atoms with E-state index in [-0.39, 0.29) is 89.1 Å². The monoisotopic (exact) mass is 1400 g/mol. The van der Waals surface area contributed by atoms with E-state index in [0.717, 1.165) is 43.4 Å². The minimum atomic E-state index is -4.51. The molecule has 7 rings (SSSR count). The average molecular weight is 1410 g/mol. The molecule has 3 N–H and O–H groups in total. The second-order valence-electron chi connectivity index (χ2n) is 30.0. The molecule has 1 spiro atoms. The lowest BCUT2D eigenvalue weighted by Crippen LogP contribution is -2.65. The number of hydrogen-bond acceptors (Lipinski definition) is 12. The van der Waals surface area contributed by atoms with Gasteiger partial charge in [0, 0.05) is 73.8 Å². The van der Waals surface area contributed by atoms with Gasteiger partial charge in [0.1, 0.15) is 66.0 Å². The molecular weight excluding hydrogens is 1290 g/mol. The number of fused-ring (bicyclic) bond motifs is 2. The molecule has 3 aliphatic carbocycles. The molecular formula is C70H112ClF3N12O12. The number of nitrogens with zero attached hydrogens (tertiary/aromatic N) is 9. The zero-order valence-electron chi connectivity index (χ0n) is 60.3. The standard InChI is InChI=1S/C70H112ClF3N12O12/c1-14-42(4)56-66(96)80(10)45(7)61(91)86-37-31-52(86)63(93)81(11)53(39-46-24-17-15-18-25-46)64(94)79(9)44(6)58(88)75-50(30-28-47-27-29-48(49(71)38-47)70(72,73)74)62(92)85-36-23-26-51(85)60(90)77-69(32-19-20-33-69)68(98)83(13)57(41(2)3)67(97)82(12)54(65(95)84-34-21-16-22-35-84)40-55(87)78(8)43(5)59(89)76-56/h41-54,56-57H,14-40H2,1-13H3,(H,75,88)(H,76,89)(H,77,90)/t42-,43-,44+,45-,47?,48?,49?,50-,51-,52-,53-,54-,56-,57-/m0/s1. The van der Waals surface area contributed by atoms with Gasteiger partial charge in [-0.15, -0.1) is 11.6 Å². The maximum atomic E-state index is 15.4. The fraction of sp³-hybridized carbons (Fsp3) is 0.829. The third-order valence-electron chi connectivity index (χ3n) is 23.3. The van der Waals surface area contributed by atoms with E-state index in [2.05, 4.69) is 16.0 Å². The molecule has 0 aromatic rings. The molecule has 7 fully saturated rings. The summed E-state index contributed by atoms with van der Waals surface area (Å²) in [5, 5.41) is 7.54. The first-order valence-electron chi connectivity index (χ1n) is 36.2. The SMILES string of the molecule is CC[C@H](C)[C@@H]1NC(=O)[C@H](C)N(C)C(=O)C[C@@H](C(=O)N2CCCCC2)N(C)C(=O)[C@H](C(C)C)N(C)C(=O)C2(CCCC2)NC(=O)[C@@H]2CCCN2C(=O)[C@H](CCC2CCC(C(F)(F)F)C(Cl)C2)NC(=O)[C@@H](C)N(C)C(=O)[C@H](CC2CCCCC2)N(C)C(=O)[C@@H]2CCN2C(=O)[C@H](C)N(C)C1=O. The highest BCUT2D eigenvalue weighted by Gasteiger charge is 2.52. The number of carbonyl (C=O) groups excluding carboxylic acids is 12. The Morgan fingerprint density at radius 1 is 0.561 bits per heavy atom. The van der Waals surface area contributed by atoms with E-state index in [1.165, 1.54) is 97.4 Å². The fourth-order valence-electron chi connectivity index (χ4n) is 15.9. The molecule has 552 valence electrons. The van der Waals surface area contributed by atoms with Crippen LogP contribution in [0.1, 0.15) is 196 Å². The number of carbonyl (C=O) groups is 12. The minimum Gasteiger partial charge on any atom is -0.343 e. The first-order valence-corrected chi connectivity index (χ1v) is 36.6. The van der Waals surface area contributed by atoms with Crippen LogP contribution in [-0.2, 0) is 57.5 Å². The van der Waals surface area contributed by atoms with Gasteiger partial charge in [0.2, 0.25) is 70.9 Å². The highest BCUT2D eigenvalue weighted by atomic mass is 35.5. The first-order chi connectivity index (χ1) is 46.1. The molecule has 28 heteroatoms. The third kappa shape index (κ3) is 17.9. The molecule has 3 saturated carbocycles. The Morgan fingerprint density at radius 2 is 1.15 bits per heavy atom. The summed E-state index contributed by atoms with van der Waals surface area (Å²) in [5.74, 6) is -10.6. The molecule has 4 heterocycles. The van der Waals surface area contributed by atoms with Crippen molar-refractivity contribution >= 4 is 82.5 Å². The molecule has 0 aromatic heterocycles. The Kier molecular flexibility index (Phi) is 27.4. The lowest BCUT2D eigenvalue weighted by molar-refractivity contribution is -0.182. The molecule has 0 radical (unpaired) electrons. The van der Waals surface area contributed by atoms with E-state index < -0.39 is 173 Å². The number of likely N-dealkylation sites (N-methyl/N-ethyl adjacent to an activating group) is 6. The zero-order valence-corrected chi connectivity index (χ0v) is 61.0. The van der Waals surface area contributed by atoms with Crippen LogP contribution in [0.3, 0.4) is 0 Å². The van der Waals surface area contributed by atoms with Crippen molar-refractivity contribution in [2.45, 2.75) is 274 Å². The molecule has 4 aliphatic heterocycles. The molecule has 0 aromatic carbocycles. The summed E-state index contributed by atoms with van der Waals surface area (Å²) >= 11 is 6.41. The normalized spacial score (nSPS) is 32.1. The second-order valence-corrected chi connectivity index (χ2v) is 30.5. The summed E-state index contributed by atoms with van der Waals surface area (Å²) in [4.78, 5) is 191. The van der Waals surface area contributed by atoms with Gasteiger partial charge in [-0.1, -0.05) is 79.1 Å². The Bertz CT molecular complexity index is 2910. The van der Waals surface area contributed by atoms with E-state index in [1.54, 1.807) is 25.7 Å². The summed E-state index contributed by atoms with van der Waals surface area (Å²) in [6.45, 7) is 12.5. The van der Waals surface area contributed by atoms with Crippen LogP contribution in [0.15, 0.2) is 0 Å². The Morgan fingerprint density at radius 3 is 1.73 bits per heavy atom. The Hall–Kier alpha value is -6.28. The molecule has 3 unspecified atom stereocenters. The highest BCUT2D eigenvalue weighted by molar-refractivity contribution is 6.21. The van der Waals surface area contributed by atoms with Crippen molar-refractivity contribution in [1.29, 1.82) is 0 Å². The van der Waals surface area contributed by atoms with Crippen LogP contribution in [0, 0.1) is 29.6 Å². The molecule has 4 saturated heterocycles. The van der Waals surface area contributed by atoms with Gasteiger partial charge in [-0.2, -0.15) is 13.2 Å². The lowest BCUT2D eigenvalue weighted by Gasteiger charge is -2.45. The minimum absolute atomic E-state index is 0.00214. The van der Waals surface area contributed by atoms with Gasteiger partial charge in [-0.25, -0.2) is 0 Å². The summed E-state index contributed by atoms with van der Waals surface area (Å²) in [5.41, 5.74) is -1.56. The first kappa shape index (κ1) is 79.1. The van der Waals surface area contributed by atoms with Crippen LogP contribution in [0.25, 0.3) is 0 Å². The number of likely N-dealkylation sites (tertiary alicyclic amines) is 1. The van der Waals surface area contributed by atoms with Gasteiger partial charge in [0.15, 0.2) is 0 Å². The molecule has 0 bridgehead atoms. The van der Waals surface area contributed by atoms with Crippen LogP contribution in [-0.4, -0.2) is 261 Å². The van der Waals surface area contributed by atoms with Crippen molar-refractivity contribution in [2.75, 3.05) is 68.5 Å². The van der Waals surface area contributed by atoms with Gasteiger partial charge in [-0.3, -0.25) is 57.5 Å². The smallest absolute Gasteiger partial charge is 0.343 e. The summed E-state index contributed by atoms with van der Waals surface area (Å²) < 4.78 is 42.1. The van der Waals surface area contributed by atoms with Crippen molar-refractivity contribution in [3.8, 4) is 0 Å². The largest absolute Gasteiger partial charge is 0.393 e. The van der Waals surface area contributed by atoms with Crippen LogP contribution in [0.2, 0.25) is 0 Å². The molecule has 12 amide bonds. The van der Waals surface area contributed by atoms with Gasteiger partial charge in [0.05, 0.1) is 12.3 Å². The van der Waals surface area contributed by atoms with E-state index in [9.17, 15) is 46.7 Å². The van der Waals surface area contributed by atoms with Gasteiger partial charge in [-0.05, 0) is 134 Å². The van der Waals surface area contributed by atoms with Gasteiger partial charge < -0.3 is 60.0 Å². The number of halogens is 4. The van der Waals surface area contributed by atoms with Crippen molar-refractivity contribution in [3.63, 3.8) is 0 Å². The fourth-order valence-corrected chi connectivity index (χ4v) is 16.5. The molecule has 7 aliphatic rings. The van der Waals surface area contributed by atoms with Crippen molar-refractivity contribution in [3.05, 3.63) is 0 Å². The summed E-state index contributed by atoms with van der Waals surface area (Å²) in [6.07, 6.45) is 4.39. The topological polar surface area (TPSA) is 270 Å². The Balaban J connectivity index is 1.26. The van der Waals surface area contributed by atoms with E-state index in [4.69, 9.17) is 11.6 Å². The van der Waals surface area contributed by atoms with Crippen molar-refractivity contribution < 1.29 is 70.7 Å². The maximum Gasteiger partial charge on any atom is 0.393 e. The number of amides is 12. The molecule has 98 heavy (non-hydrogen) atoms.